The number of amides is 1. The van der Waals surface area contributed by atoms with Crippen LogP contribution in [0, 0.1) is 0 Å². The van der Waals surface area contributed by atoms with Crippen molar-refractivity contribution in [2.75, 3.05) is 13.1 Å². The van der Waals surface area contributed by atoms with Crippen LogP contribution in [0.4, 0.5) is 0 Å². The number of benzene rings is 2. The van der Waals surface area contributed by atoms with E-state index in [-0.39, 0.29) is 23.9 Å². The Balaban J connectivity index is 1.30. The number of carbonyl (C=O) groups is 1. The Kier molecular flexibility index (Phi) is 6.28. The zero-order chi connectivity index (χ0) is 24.6. The number of hydrogen-bond acceptors (Lipinski definition) is 6. The average Bonchev–Trinajstić information content (AvgIpc) is 3.50. The highest BCUT2D eigenvalue weighted by molar-refractivity contribution is 7.89. The van der Waals surface area contributed by atoms with Gasteiger partial charge in [0, 0.05) is 36.2 Å². The molecule has 11 heteroatoms. The molecule has 1 aliphatic heterocycles. The highest BCUT2D eigenvalue weighted by Gasteiger charge is 2.31. The summed E-state index contributed by atoms with van der Waals surface area (Å²) < 4.78 is 28.4. The third kappa shape index (κ3) is 4.65. The fourth-order valence-corrected chi connectivity index (χ4v) is 5.66. The summed E-state index contributed by atoms with van der Waals surface area (Å²) in [6.07, 6.45) is 4.56. The summed E-state index contributed by atoms with van der Waals surface area (Å²) in [5.41, 5.74) is 2.61. The smallest absolute Gasteiger partial charge is 0.253 e. The van der Waals surface area contributed by atoms with E-state index < -0.39 is 16.1 Å². The van der Waals surface area contributed by atoms with Gasteiger partial charge >= 0.3 is 0 Å². The van der Waals surface area contributed by atoms with Crippen LogP contribution < -0.4 is 5.32 Å². The molecule has 3 heterocycles. The Hall–Kier alpha value is -3.31. The van der Waals surface area contributed by atoms with E-state index in [0.717, 1.165) is 11.3 Å². The summed E-state index contributed by atoms with van der Waals surface area (Å²) in [5, 5.41) is 18.2. The fraction of sp³-hybridized carbons (Fsp3) is 0.208. The largest absolute Gasteiger partial charge is 0.392 e. The summed E-state index contributed by atoms with van der Waals surface area (Å²) in [7, 11) is -3.65. The van der Waals surface area contributed by atoms with E-state index in [1.807, 2.05) is 12.1 Å². The van der Waals surface area contributed by atoms with E-state index in [2.05, 4.69) is 15.4 Å². The summed E-state index contributed by atoms with van der Waals surface area (Å²) in [4.78, 5) is 17.3. The van der Waals surface area contributed by atoms with E-state index in [0.29, 0.717) is 34.5 Å². The lowest BCUT2D eigenvalue weighted by Crippen LogP contribution is -2.29. The Bertz CT molecular complexity index is 1490. The second kappa shape index (κ2) is 9.38. The number of carbonyl (C=O) groups excluding carboxylic acids is 1. The molecule has 1 amide bonds. The molecule has 1 fully saturated rings. The standard InChI is InChI=1S/C24H22ClN5O4S/c25-17-3-5-18(6-4-17)30-23-14-26-12-22(21(23)13-28-30)24(32)27-11-16-1-7-20(8-2-16)35(33,34)29-10-9-19(31)15-29/h1-8,12-14,19,31H,9-11,15H2,(H,27,32). The predicted molar refractivity (Wildman–Crippen MR) is 131 cm³/mol. The van der Waals surface area contributed by atoms with Gasteiger partial charge in [-0.1, -0.05) is 23.7 Å². The normalized spacial score (nSPS) is 16.6. The van der Waals surface area contributed by atoms with Gasteiger partial charge in [-0.15, -0.1) is 0 Å². The minimum atomic E-state index is -3.65. The van der Waals surface area contributed by atoms with Gasteiger partial charge in [-0.2, -0.15) is 9.40 Å². The van der Waals surface area contributed by atoms with Crippen molar-refractivity contribution in [3.63, 3.8) is 0 Å². The second-order valence-corrected chi connectivity index (χ2v) is 10.7. The van der Waals surface area contributed by atoms with Gasteiger partial charge in [0.05, 0.1) is 40.2 Å². The Labute approximate surface area is 207 Å². The van der Waals surface area contributed by atoms with Gasteiger partial charge in [0.25, 0.3) is 5.91 Å². The molecule has 0 spiro atoms. The Morgan fingerprint density at radius 3 is 2.51 bits per heavy atom. The molecule has 0 aliphatic carbocycles. The van der Waals surface area contributed by atoms with Crippen molar-refractivity contribution >= 4 is 38.4 Å². The van der Waals surface area contributed by atoms with Crippen molar-refractivity contribution < 1.29 is 18.3 Å². The monoisotopic (exact) mass is 511 g/mol. The summed E-state index contributed by atoms with van der Waals surface area (Å²) in [5.74, 6) is -0.318. The van der Waals surface area contributed by atoms with Gasteiger partial charge in [0.15, 0.2) is 0 Å². The maximum atomic E-state index is 12.9. The summed E-state index contributed by atoms with van der Waals surface area (Å²) in [6.45, 7) is 0.618. The Morgan fingerprint density at radius 2 is 1.83 bits per heavy atom. The van der Waals surface area contributed by atoms with Crippen molar-refractivity contribution in [3.05, 3.63) is 83.3 Å². The molecule has 2 aromatic heterocycles. The summed E-state index contributed by atoms with van der Waals surface area (Å²) >= 11 is 5.97. The third-order valence-corrected chi connectivity index (χ3v) is 8.08. The van der Waals surface area contributed by atoms with E-state index >= 15 is 0 Å². The van der Waals surface area contributed by atoms with Crippen molar-refractivity contribution in [1.29, 1.82) is 0 Å². The zero-order valence-electron chi connectivity index (χ0n) is 18.5. The lowest BCUT2D eigenvalue weighted by atomic mass is 10.1. The number of β-amino-alcohol motifs (C(OH)–C–C–N with tert-alkyl or cyclic N) is 1. The minimum absolute atomic E-state index is 0.105. The first-order valence-electron chi connectivity index (χ1n) is 11.0. The van der Waals surface area contributed by atoms with E-state index in [1.54, 1.807) is 41.3 Å². The van der Waals surface area contributed by atoms with Crippen LogP contribution in [0.25, 0.3) is 16.6 Å². The molecular formula is C24H22ClN5O4S. The fourth-order valence-electron chi connectivity index (χ4n) is 4.05. The van der Waals surface area contributed by atoms with Crippen molar-refractivity contribution in [2.24, 2.45) is 0 Å². The van der Waals surface area contributed by atoms with Crippen LogP contribution in [-0.2, 0) is 16.6 Å². The number of pyridine rings is 1. The van der Waals surface area contributed by atoms with Crippen molar-refractivity contribution in [2.45, 2.75) is 24.0 Å². The lowest BCUT2D eigenvalue weighted by molar-refractivity contribution is 0.0952. The molecule has 1 atom stereocenters. The molecule has 2 aromatic carbocycles. The molecule has 1 saturated heterocycles. The number of fused-ring (bicyclic) bond motifs is 1. The minimum Gasteiger partial charge on any atom is -0.392 e. The molecule has 9 nitrogen and oxygen atoms in total. The molecule has 1 unspecified atom stereocenters. The number of aliphatic hydroxyl groups excluding tert-OH is 1. The van der Waals surface area contributed by atoms with Gasteiger partial charge < -0.3 is 10.4 Å². The molecule has 2 N–H and O–H groups in total. The van der Waals surface area contributed by atoms with Crippen LogP contribution in [0.1, 0.15) is 22.3 Å². The van der Waals surface area contributed by atoms with Crippen LogP contribution >= 0.6 is 11.6 Å². The molecule has 180 valence electrons. The van der Waals surface area contributed by atoms with Gasteiger partial charge in [0.2, 0.25) is 10.0 Å². The number of rotatable bonds is 6. The summed E-state index contributed by atoms with van der Waals surface area (Å²) in [6, 6.07) is 13.5. The highest BCUT2D eigenvalue weighted by atomic mass is 35.5. The van der Waals surface area contributed by atoms with Gasteiger partial charge in [-0.3, -0.25) is 9.78 Å². The van der Waals surface area contributed by atoms with Gasteiger partial charge in [0.1, 0.15) is 0 Å². The van der Waals surface area contributed by atoms with Crippen LogP contribution in [0.3, 0.4) is 0 Å². The molecule has 0 saturated carbocycles. The molecule has 0 radical (unpaired) electrons. The number of aromatic nitrogens is 3. The number of halogens is 1. The SMILES string of the molecule is O=C(NCc1ccc(S(=O)(=O)N2CCC(O)C2)cc1)c1cncc2c1cnn2-c1ccc(Cl)cc1. The number of nitrogens with zero attached hydrogens (tertiary/aromatic N) is 4. The van der Waals surface area contributed by atoms with E-state index in [1.165, 1.54) is 22.6 Å². The van der Waals surface area contributed by atoms with Crippen LogP contribution in [0.2, 0.25) is 5.02 Å². The molecule has 4 aromatic rings. The maximum Gasteiger partial charge on any atom is 0.253 e. The molecule has 35 heavy (non-hydrogen) atoms. The quantitative estimate of drug-likeness (QED) is 0.411. The predicted octanol–water partition coefficient (Wildman–Crippen LogP) is 2.76. The number of hydrogen-bond donors (Lipinski definition) is 2. The van der Waals surface area contributed by atoms with Gasteiger partial charge in [-0.05, 0) is 48.4 Å². The second-order valence-electron chi connectivity index (χ2n) is 8.28. The first-order valence-corrected chi connectivity index (χ1v) is 12.8. The van der Waals surface area contributed by atoms with Crippen LogP contribution in [0.15, 0.2) is 72.0 Å². The topological polar surface area (TPSA) is 117 Å². The molecule has 5 rings (SSSR count). The van der Waals surface area contributed by atoms with Crippen molar-refractivity contribution in [1.82, 2.24) is 24.4 Å². The van der Waals surface area contributed by atoms with E-state index in [4.69, 9.17) is 11.6 Å². The molecule has 1 aliphatic rings. The van der Waals surface area contributed by atoms with Crippen LogP contribution in [0.5, 0.6) is 0 Å². The first-order chi connectivity index (χ1) is 16.8. The highest BCUT2D eigenvalue weighted by Crippen LogP contribution is 2.23. The number of nitrogens with one attached hydrogen (secondary N) is 1. The molecule has 0 bridgehead atoms. The lowest BCUT2D eigenvalue weighted by Gasteiger charge is -2.16. The van der Waals surface area contributed by atoms with Crippen molar-refractivity contribution in [3.8, 4) is 5.69 Å². The van der Waals surface area contributed by atoms with Crippen LogP contribution in [-0.4, -0.2) is 57.7 Å². The Morgan fingerprint density at radius 1 is 1.09 bits per heavy atom. The third-order valence-electron chi connectivity index (χ3n) is 5.95. The van der Waals surface area contributed by atoms with E-state index in [9.17, 15) is 18.3 Å². The zero-order valence-corrected chi connectivity index (χ0v) is 20.1. The maximum absolute atomic E-state index is 12.9. The first kappa shape index (κ1) is 23.4. The number of aliphatic hydroxyl groups is 1. The molecular weight excluding hydrogens is 490 g/mol. The average molecular weight is 512 g/mol. The number of sulfonamides is 1. The van der Waals surface area contributed by atoms with Gasteiger partial charge in [-0.25, -0.2) is 13.1 Å².